The maximum Gasteiger partial charge on any atom is 0.234 e. The number of anilines is 1. The summed E-state index contributed by atoms with van der Waals surface area (Å²) in [5.41, 5.74) is 2.11. The summed E-state index contributed by atoms with van der Waals surface area (Å²) in [6.07, 6.45) is 6.30. The second-order valence-electron chi connectivity index (χ2n) is 7.53. The highest BCUT2D eigenvalue weighted by Gasteiger charge is 2.23. The molecular weight excluding hydrogens is 356 g/mol. The zero-order valence-corrected chi connectivity index (χ0v) is 17.4. The van der Waals surface area contributed by atoms with Crippen molar-refractivity contribution in [3.63, 3.8) is 0 Å². The quantitative estimate of drug-likeness (QED) is 0.665. The number of nitrogens with zero attached hydrogens (tertiary/aromatic N) is 3. The topological polar surface area (TPSA) is 59.8 Å². The van der Waals surface area contributed by atoms with E-state index in [1.54, 1.807) is 0 Å². The lowest BCUT2D eigenvalue weighted by Crippen LogP contribution is -2.15. The van der Waals surface area contributed by atoms with Crippen molar-refractivity contribution in [3.8, 4) is 0 Å². The maximum absolute atomic E-state index is 12.3. The van der Waals surface area contributed by atoms with Crippen LogP contribution in [0.3, 0.4) is 0 Å². The Labute approximate surface area is 166 Å². The lowest BCUT2D eigenvalue weighted by Gasteiger charge is -2.21. The van der Waals surface area contributed by atoms with E-state index >= 15 is 0 Å². The van der Waals surface area contributed by atoms with Crippen LogP contribution in [0.2, 0.25) is 0 Å². The maximum atomic E-state index is 12.3. The first kappa shape index (κ1) is 19.9. The van der Waals surface area contributed by atoms with E-state index in [4.69, 9.17) is 0 Å². The van der Waals surface area contributed by atoms with Gasteiger partial charge in [-0.05, 0) is 43.4 Å². The number of amides is 1. The molecule has 0 bridgehead atoms. The largest absolute Gasteiger partial charge is 0.325 e. The van der Waals surface area contributed by atoms with Crippen molar-refractivity contribution in [1.29, 1.82) is 0 Å². The summed E-state index contributed by atoms with van der Waals surface area (Å²) in [7, 11) is 0. The summed E-state index contributed by atoms with van der Waals surface area (Å²) in [6, 6.07) is 8.07. The number of nitrogens with one attached hydrogen (secondary N) is 1. The summed E-state index contributed by atoms with van der Waals surface area (Å²) in [5, 5.41) is 12.6. The molecule has 1 aliphatic carbocycles. The second kappa shape index (κ2) is 9.40. The fourth-order valence-corrected chi connectivity index (χ4v) is 4.45. The fraction of sp³-hybridized carbons (Fsp3) is 0.571. The molecule has 1 aromatic carbocycles. The highest BCUT2D eigenvalue weighted by molar-refractivity contribution is 7.99. The Hall–Kier alpha value is -1.82. The fourth-order valence-electron chi connectivity index (χ4n) is 3.65. The molecule has 0 aliphatic heterocycles. The van der Waals surface area contributed by atoms with Gasteiger partial charge in [0.1, 0.15) is 5.82 Å². The Balaban J connectivity index is 1.57. The van der Waals surface area contributed by atoms with Crippen LogP contribution < -0.4 is 5.32 Å². The average molecular weight is 387 g/mol. The third-order valence-electron chi connectivity index (χ3n) is 5.23. The lowest BCUT2D eigenvalue weighted by atomic mass is 9.89. The third kappa shape index (κ3) is 5.12. The number of thioether (sulfide) groups is 1. The second-order valence-corrected chi connectivity index (χ2v) is 8.48. The van der Waals surface area contributed by atoms with Gasteiger partial charge >= 0.3 is 0 Å². The molecule has 1 amide bonds. The molecule has 3 rings (SSSR count). The van der Waals surface area contributed by atoms with Crippen LogP contribution >= 0.6 is 11.8 Å². The normalized spacial score (nSPS) is 15.3. The van der Waals surface area contributed by atoms with Crippen LogP contribution in [0.1, 0.15) is 76.1 Å². The van der Waals surface area contributed by atoms with E-state index in [2.05, 4.69) is 53.0 Å². The first-order valence-corrected chi connectivity index (χ1v) is 11.0. The van der Waals surface area contributed by atoms with E-state index in [9.17, 15) is 4.79 Å². The van der Waals surface area contributed by atoms with Gasteiger partial charge in [-0.3, -0.25) is 4.79 Å². The van der Waals surface area contributed by atoms with Gasteiger partial charge in [0.05, 0.1) is 5.75 Å². The van der Waals surface area contributed by atoms with E-state index in [1.807, 2.05) is 12.1 Å². The molecule has 2 aromatic rings. The van der Waals surface area contributed by atoms with Gasteiger partial charge in [0, 0.05) is 18.2 Å². The first-order valence-electron chi connectivity index (χ1n) is 10.0. The average Bonchev–Trinajstić information content (AvgIpc) is 3.10. The zero-order chi connectivity index (χ0) is 19.2. The molecule has 6 heteroatoms. The van der Waals surface area contributed by atoms with Crippen molar-refractivity contribution < 1.29 is 4.79 Å². The van der Waals surface area contributed by atoms with Gasteiger partial charge in [-0.1, -0.05) is 57.0 Å². The van der Waals surface area contributed by atoms with Crippen molar-refractivity contribution in [3.05, 3.63) is 35.7 Å². The van der Waals surface area contributed by atoms with Crippen LogP contribution in [0.5, 0.6) is 0 Å². The summed E-state index contributed by atoms with van der Waals surface area (Å²) in [6.45, 7) is 7.29. The van der Waals surface area contributed by atoms with Gasteiger partial charge in [0.2, 0.25) is 5.91 Å². The van der Waals surface area contributed by atoms with Crippen LogP contribution in [0.4, 0.5) is 5.69 Å². The van der Waals surface area contributed by atoms with Crippen molar-refractivity contribution in [2.24, 2.45) is 0 Å². The minimum atomic E-state index is -0.0119. The van der Waals surface area contributed by atoms with Gasteiger partial charge in [0.15, 0.2) is 5.16 Å². The highest BCUT2D eigenvalue weighted by Crippen LogP contribution is 2.33. The van der Waals surface area contributed by atoms with Crippen molar-refractivity contribution in [2.45, 2.75) is 76.4 Å². The number of rotatable bonds is 7. The van der Waals surface area contributed by atoms with Gasteiger partial charge in [-0.2, -0.15) is 0 Å². The molecule has 1 heterocycles. The van der Waals surface area contributed by atoms with E-state index in [0.29, 0.717) is 17.6 Å². The number of carbonyl (C=O) groups excluding carboxylic acids is 1. The number of aromatic nitrogens is 3. The molecular formula is C21H30N4OS. The number of hydrogen-bond acceptors (Lipinski definition) is 4. The van der Waals surface area contributed by atoms with E-state index in [0.717, 1.165) is 23.2 Å². The van der Waals surface area contributed by atoms with Crippen LogP contribution in [0.15, 0.2) is 29.4 Å². The van der Waals surface area contributed by atoms with Crippen molar-refractivity contribution in [1.82, 2.24) is 14.8 Å². The predicted octanol–water partition coefficient (Wildman–Crippen LogP) is 5.20. The Morgan fingerprint density at radius 2 is 1.89 bits per heavy atom. The SMILES string of the molecule is CCn1c(SCC(=O)Nc2ccc(C(C)C)cc2)nnc1C1CCCCC1. The smallest absolute Gasteiger partial charge is 0.234 e. The van der Waals surface area contributed by atoms with Gasteiger partial charge in [0.25, 0.3) is 0 Å². The minimum absolute atomic E-state index is 0.0119. The molecule has 0 saturated heterocycles. The molecule has 146 valence electrons. The number of hydrogen-bond donors (Lipinski definition) is 1. The summed E-state index contributed by atoms with van der Waals surface area (Å²) < 4.78 is 2.19. The predicted molar refractivity (Wildman–Crippen MR) is 111 cm³/mol. The van der Waals surface area contributed by atoms with E-state index in [1.165, 1.54) is 49.4 Å². The molecule has 1 fully saturated rings. The molecule has 1 saturated carbocycles. The lowest BCUT2D eigenvalue weighted by molar-refractivity contribution is -0.113. The molecule has 27 heavy (non-hydrogen) atoms. The Morgan fingerprint density at radius 1 is 1.19 bits per heavy atom. The monoisotopic (exact) mass is 386 g/mol. The van der Waals surface area contributed by atoms with Crippen LogP contribution in [0, 0.1) is 0 Å². The summed E-state index contributed by atoms with van der Waals surface area (Å²) in [4.78, 5) is 12.3. The van der Waals surface area contributed by atoms with Crippen molar-refractivity contribution in [2.75, 3.05) is 11.1 Å². The molecule has 0 radical (unpaired) electrons. The Bertz CT molecular complexity index is 748. The van der Waals surface area contributed by atoms with Gasteiger partial charge in [-0.25, -0.2) is 0 Å². The Kier molecular flexibility index (Phi) is 6.94. The van der Waals surface area contributed by atoms with Crippen LogP contribution in [0.25, 0.3) is 0 Å². The summed E-state index contributed by atoms with van der Waals surface area (Å²) >= 11 is 1.47. The number of carbonyl (C=O) groups is 1. The molecule has 5 nitrogen and oxygen atoms in total. The third-order valence-corrected chi connectivity index (χ3v) is 6.19. The van der Waals surface area contributed by atoms with E-state index in [-0.39, 0.29) is 5.91 Å². The van der Waals surface area contributed by atoms with Crippen LogP contribution in [-0.2, 0) is 11.3 Å². The molecule has 1 aromatic heterocycles. The standard InChI is InChI=1S/C21H30N4OS/c1-4-25-20(17-8-6-5-7-9-17)23-24-21(25)27-14-19(26)22-18-12-10-16(11-13-18)15(2)3/h10-13,15,17H,4-9,14H2,1-3H3,(H,22,26). The molecule has 0 atom stereocenters. The zero-order valence-electron chi connectivity index (χ0n) is 16.6. The summed E-state index contributed by atoms with van der Waals surface area (Å²) in [5.74, 6) is 2.44. The Morgan fingerprint density at radius 3 is 2.52 bits per heavy atom. The molecule has 0 spiro atoms. The molecule has 1 aliphatic rings. The van der Waals surface area contributed by atoms with Gasteiger partial charge in [-0.15, -0.1) is 10.2 Å². The first-order chi connectivity index (χ1) is 13.1. The van der Waals surface area contributed by atoms with Crippen molar-refractivity contribution >= 4 is 23.4 Å². The highest BCUT2D eigenvalue weighted by atomic mass is 32.2. The molecule has 1 N–H and O–H groups in total. The van der Waals surface area contributed by atoms with Crippen LogP contribution in [-0.4, -0.2) is 26.4 Å². The molecule has 0 unspecified atom stereocenters. The van der Waals surface area contributed by atoms with E-state index < -0.39 is 0 Å². The minimum Gasteiger partial charge on any atom is -0.325 e. The number of benzene rings is 1. The van der Waals surface area contributed by atoms with Gasteiger partial charge < -0.3 is 9.88 Å².